The van der Waals surface area contributed by atoms with E-state index in [-0.39, 0.29) is 11.3 Å². The van der Waals surface area contributed by atoms with E-state index in [0.717, 1.165) is 0 Å². The quantitative estimate of drug-likeness (QED) is 0.521. The number of carbonyl (C=O) groups is 1. The summed E-state index contributed by atoms with van der Waals surface area (Å²) in [4.78, 5) is 11.4. The lowest BCUT2D eigenvalue weighted by Gasteiger charge is -2.31. The molecule has 1 aliphatic heterocycles. The number of hydrogen-bond acceptors (Lipinski definition) is 7. The minimum atomic E-state index is -3.81. The number of rotatable bonds is 7. The van der Waals surface area contributed by atoms with E-state index in [2.05, 4.69) is 9.46 Å². The molecule has 8 nitrogen and oxygen atoms in total. The lowest BCUT2D eigenvalue weighted by atomic mass is 10.1. The molecular formula is C16H21NO7S. The van der Waals surface area contributed by atoms with Gasteiger partial charge in [0, 0.05) is 0 Å². The van der Waals surface area contributed by atoms with Crippen molar-refractivity contribution in [2.45, 2.75) is 29.6 Å². The van der Waals surface area contributed by atoms with E-state index >= 15 is 0 Å². The summed E-state index contributed by atoms with van der Waals surface area (Å²) in [5.74, 6) is 0.0855. The van der Waals surface area contributed by atoms with Gasteiger partial charge in [0.05, 0.1) is 44.3 Å². The first-order valence-electron chi connectivity index (χ1n) is 7.57. The number of esters is 1. The van der Waals surface area contributed by atoms with Crippen molar-refractivity contribution in [1.29, 1.82) is 0 Å². The van der Waals surface area contributed by atoms with Gasteiger partial charge >= 0.3 is 5.97 Å². The zero-order valence-electron chi connectivity index (χ0n) is 13.9. The normalized spacial score (nSPS) is 23.2. The van der Waals surface area contributed by atoms with Crippen LogP contribution in [0.15, 0.2) is 41.3 Å². The first-order chi connectivity index (χ1) is 11.9. The zero-order chi connectivity index (χ0) is 18.4. The van der Waals surface area contributed by atoms with Crippen molar-refractivity contribution >= 4 is 16.0 Å². The van der Waals surface area contributed by atoms with E-state index < -0.39 is 40.8 Å². The van der Waals surface area contributed by atoms with Gasteiger partial charge in [-0.15, -0.1) is 0 Å². The third kappa shape index (κ3) is 5.02. The van der Waals surface area contributed by atoms with Gasteiger partial charge < -0.3 is 19.3 Å². The molecule has 0 radical (unpaired) electrons. The number of aliphatic hydroxyl groups is 1. The Bertz CT molecular complexity index is 715. The van der Waals surface area contributed by atoms with Crippen molar-refractivity contribution < 1.29 is 32.5 Å². The molecule has 2 rings (SSSR count). The average molecular weight is 371 g/mol. The van der Waals surface area contributed by atoms with Crippen LogP contribution in [0.1, 0.15) is 6.42 Å². The van der Waals surface area contributed by atoms with Gasteiger partial charge in [0.25, 0.3) is 0 Å². The van der Waals surface area contributed by atoms with Crippen molar-refractivity contribution in [3.63, 3.8) is 0 Å². The molecule has 0 spiro atoms. The second kappa shape index (κ2) is 8.43. The van der Waals surface area contributed by atoms with Crippen molar-refractivity contribution in [1.82, 2.24) is 4.72 Å². The summed E-state index contributed by atoms with van der Waals surface area (Å²) in [6.45, 7) is -0.405. The number of carbonyl (C=O) groups excluding carboxylic acids is 1. The molecule has 1 heterocycles. The summed E-state index contributed by atoms with van der Waals surface area (Å²) in [6, 6.07) is 5.16. The van der Waals surface area contributed by atoms with Crippen LogP contribution in [0.5, 0.6) is 5.75 Å². The molecule has 138 valence electrons. The number of ether oxygens (including phenoxy) is 3. The van der Waals surface area contributed by atoms with Gasteiger partial charge in [0.15, 0.2) is 0 Å². The van der Waals surface area contributed by atoms with Crippen molar-refractivity contribution in [3.8, 4) is 5.75 Å². The third-order valence-electron chi connectivity index (χ3n) is 3.72. The lowest BCUT2D eigenvalue weighted by Crippen LogP contribution is -2.48. The highest BCUT2D eigenvalue weighted by atomic mass is 32.2. The molecule has 0 bridgehead atoms. The van der Waals surface area contributed by atoms with Crippen molar-refractivity contribution in [3.05, 3.63) is 36.4 Å². The summed E-state index contributed by atoms with van der Waals surface area (Å²) in [5, 5.41) is 9.48. The van der Waals surface area contributed by atoms with Gasteiger partial charge in [-0.05, 0) is 24.3 Å². The molecule has 25 heavy (non-hydrogen) atoms. The smallest absolute Gasteiger partial charge is 0.308 e. The van der Waals surface area contributed by atoms with Gasteiger partial charge in [0.2, 0.25) is 10.0 Å². The minimum absolute atomic E-state index is 0.0125. The van der Waals surface area contributed by atoms with Crippen LogP contribution in [0.3, 0.4) is 0 Å². The third-order valence-corrected chi connectivity index (χ3v) is 5.19. The van der Waals surface area contributed by atoms with Crippen LogP contribution in [0, 0.1) is 0 Å². The van der Waals surface area contributed by atoms with Gasteiger partial charge in [-0.3, -0.25) is 4.79 Å². The van der Waals surface area contributed by atoms with Crippen LogP contribution >= 0.6 is 0 Å². The molecule has 1 aromatic rings. The summed E-state index contributed by atoms with van der Waals surface area (Å²) >= 11 is 0. The van der Waals surface area contributed by atoms with Crippen molar-refractivity contribution in [2.24, 2.45) is 0 Å². The number of benzene rings is 1. The fourth-order valence-electron chi connectivity index (χ4n) is 2.36. The average Bonchev–Trinajstić information content (AvgIpc) is 2.62. The Morgan fingerprint density at radius 2 is 1.92 bits per heavy atom. The van der Waals surface area contributed by atoms with E-state index in [1.807, 2.05) is 0 Å². The topological polar surface area (TPSA) is 111 Å². The molecule has 0 aliphatic carbocycles. The molecular weight excluding hydrogens is 350 g/mol. The van der Waals surface area contributed by atoms with Gasteiger partial charge in [-0.2, -0.15) is 0 Å². The molecule has 0 saturated carbocycles. The summed E-state index contributed by atoms with van der Waals surface area (Å²) < 4.78 is 42.5. The molecule has 1 aromatic carbocycles. The minimum Gasteiger partial charge on any atom is -0.497 e. The van der Waals surface area contributed by atoms with E-state index in [4.69, 9.17) is 9.47 Å². The predicted molar refractivity (Wildman–Crippen MR) is 88.6 cm³/mol. The standard InChI is InChI=1S/C16H21NO7S/c1-22-11-3-6-13(7-4-11)25(20,21)17-14-8-5-12(9-16(19)23-2)24-15(14)10-18/h3-8,12,14-15,17-18H,9-10H2,1-2H3/t12-,14+,15-/m0/s1. The number of nitrogens with one attached hydrogen (secondary N) is 1. The Kier molecular flexibility index (Phi) is 6.54. The van der Waals surface area contributed by atoms with Gasteiger partial charge in [-0.1, -0.05) is 12.2 Å². The number of hydrogen-bond donors (Lipinski definition) is 2. The second-order valence-corrected chi connectivity index (χ2v) is 7.10. The Balaban J connectivity index is 2.11. The van der Waals surface area contributed by atoms with E-state index in [1.165, 1.54) is 38.5 Å². The van der Waals surface area contributed by atoms with Crippen LogP contribution in [0.2, 0.25) is 0 Å². The molecule has 9 heteroatoms. The number of methoxy groups -OCH3 is 2. The van der Waals surface area contributed by atoms with Crippen LogP contribution in [-0.4, -0.2) is 58.6 Å². The maximum atomic E-state index is 12.5. The molecule has 1 aliphatic rings. The highest BCUT2D eigenvalue weighted by Crippen LogP contribution is 2.20. The number of aliphatic hydroxyl groups excluding tert-OH is 1. The maximum Gasteiger partial charge on any atom is 0.308 e. The Labute approximate surface area is 146 Å². The van der Waals surface area contributed by atoms with E-state index in [0.29, 0.717) is 5.75 Å². The fraction of sp³-hybridized carbons (Fsp3) is 0.438. The first-order valence-corrected chi connectivity index (χ1v) is 9.05. The van der Waals surface area contributed by atoms with Crippen molar-refractivity contribution in [2.75, 3.05) is 20.8 Å². The maximum absolute atomic E-state index is 12.5. The largest absolute Gasteiger partial charge is 0.497 e. The van der Waals surface area contributed by atoms with Crippen LogP contribution < -0.4 is 9.46 Å². The van der Waals surface area contributed by atoms with E-state index in [1.54, 1.807) is 12.2 Å². The molecule has 3 atom stereocenters. The van der Waals surface area contributed by atoms with E-state index in [9.17, 15) is 18.3 Å². The summed E-state index contributed by atoms with van der Waals surface area (Å²) in [7, 11) is -1.06. The van der Waals surface area contributed by atoms with Gasteiger partial charge in [0.1, 0.15) is 11.9 Å². The second-order valence-electron chi connectivity index (χ2n) is 5.38. The molecule has 0 saturated heterocycles. The predicted octanol–water partition coefficient (Wildman–Crippen LogP) is 0.221. The van der Waals surface area contributed by atoms with Crippen LogP contribution in [0.25, 0.3) is 0 Å². The Hall–Kier alpha value is -1.94. The first kappa shape index (κ1) is 19.4. The monoisotopic (exact) mass is 371 g/mol. The van der Waals surface area contributed by atoms with Crippen LogP contribution in [0.4, 0.5) is 0 Å². The molecule has 0 amide bonds. The molecule has 0 fully saturated rings. The summed E-state index contributed by atoms with van der Waals surface area (Å²) in [6.07, 6.45) is 1.74. The lowest BCUT2D eigenvalue weighted by molar-refractivity contribution is -0.144. The SMILES string of the molecule is COC(=O)C[C@@H]1C=C[C@@H](NS(=O)(=O)c2ccc(OC)cc2)[C@H](CO)O1. The number of sulfonamides is 1. The Morgan fingerprint density at radius 1 is 1.24 bits per heavy atom. The summed E-state index contributed by atoms with van der Waals surface area (Å²) in [5.41, 5.74) is 0. The Morgan fingerprint density at radius 3 is 2.48 bits per heavy atom. The zero-order valence-corrected chi connectivity index (χ0v) is 14.7. The highest BCUT2D eigenvalue weighted by Gasteiger charge is 2.31. The molecule has 0 aromatic heterocycles. The van der Waals surface area contributed by atoms with Crippen LogP contribution in [-0.2, 0) is 24.3 Å². The fourth-order valence-corrected chi connectivity index (χ4v) is 3.58. The highest BCUT2D eigenvalue weighted by molar-refractivity contribution is 7.89. The van der Waals surface area contributed by atoms with Gasteiger partial charge in [-0.25, -0.2) is 13.1 Å². The molecule has 0 unspecified atom stereocenters. The molecule has 2 N–H and O–H groups in total.